The van der Waals surface area contributed by atoms with Crippen LogP contribution in [-0.4, -0.2) is 31.4 Å². The van der Waals surface area contributed by atoms with Crippen molar-refractivity contribution in [1.29, 1.82) is 0 Å². The van der Waals surface area contributed by atoms with Crippen LogP contribution in [0.1, 0.15) is 29.6 Å². The molecule has 5 heteroatoms. The maximum absolute atomic E-state index is 11.3. The number of hydrogen-bond acceptors (Lipinski definition) is 5. The number of aliphatic hydroxyl groups excluding tert-OH is 1. The number of nitrogens with two attached hydrogens (primary N) is 1. The number of ether oxygens (including phenoxy) is 2. The number of carbonyl (C=O) groups is 1. The molecule has 1 aromatic carbocycles. The molecule has 0 aromatic heterocycles. The van der Waals surface area contributed by atoms with Crippen molar-refractivity contribution in [3.63, 3.8) is 0 Å². The number of hydrogen-bond donors (Lipinski definition) is 2. The fraction of sp³-hybridized carbons (Fsp3) is 0.462. The lowest BCUT2D eigenvalue weighted by Gasteiger charge is -2.10. The van der Waals surface area contributed by atoms with Crippen LogP contribution in [-0.2, 0) is 4.74 Å². The Morgan fingerprint density at radius 1 is 1.33 bits per heavy atom. The predicted octanol–water partition coefficient (Wildman–Crippen LogP) is 1.60. The maximum atomic E-state index is 11.3. The van der Waals surface area contributed by atoms with Gasteiger partial charge in [-0.25, -0.2) is 4.79 Å². The molecule has 1 aromatic rings. The molecule has 1 rings (SSSR count). The number of aliphatic hydroxyl groups is 1. The van der Waals surface area contributed by atoms with E-state index in [9.17, 15) is 4.79 Å². The first-order valence-electron chi connectivity index (χ1n) is 5.90. The number of rotatable bonds is 7. The van der Waals surface area contributed by atoms with Crippen molar-refractivity contribution in [2.24, 2.45) is 0 Å². The molecular formula is C13H19NO4. The maximum Gasteiger partial charge on any atom is 0.337 e. The van der Waals surface area contributed by atoms with E-state index in [1.165, 1.54) is 7.11 Å². The van der Waals surface area contributed by atoms with Crippen LogP contribution in [0.3, 0.4) is 0 Å². The summed E-state index contributed by atoms with van der Waals surface area (Å²) in [5.74, 6) is 0.0713. The lowest BCUT2D eigenvalue weighted by atomic mass is 10.2. The summed E-state index contributed by atoms with van der Waals surface area (Å²) in [5.41, 5.74) is 6.66. The third-order valence-electron chi connectivity index (χ3n) is 2.49. The Bertz CT molecular complexity index is 393. The van der Waals surface area contributed by atoms with E-state index in [4.69, 9.17) is 15.6 Å². The fourth-order valence-electron chi connectivity index (χ4n) is 1.48. The quantitative estimate of drug-likeness (QED) is 0.438. The number of anilines is 1. The van der Waals surface area contributed by atoms with Crippen LogP contribution < -0.4 is 10.5 Å². The second-order valence-corrected chi connectivity index (χ2v) is 3.88. The van der Waals surface area contributed by atoms with Gasteiger partial charge < -0.3 is 20.3 Å². The molecular weight excluding hydrogens is 234 g/mol. The van der Waals surface area contributed by atoms with Gasteiger partial charge in [0, 0.05) is 6.61 Å². The SMILES string of the molecule is COC(=O)c1ccc(N)c(OCCCCCO)c1. The lowest BCUT2D eigenvalue weighted by Crippen LogP contribution is -2.05. The van der Waals surface area contributed by atoms with Gasteiger partial charge in [0.15, 0.2) is 0 Å². The first-order valence-corrected chi connectivity index (χ1v) is 5.90. The minimum atomic E-state index is -0.417. The van der Waals surface area contributed by atoms with Crippen LogP contribution in [0.25, 0.3) is 0 Å². The summed E-state index contributed by atoms with van der Waals surface area (Å²) >= 11 is 0. The number of methoxy groups -OCH3 is 1. The summed E-state index contributed by atoms with van der Waals surface area (Å²) in [4.78, 5) is 11.3. The summed E-state index contributed by atoms with van der Waals surface area (Å²) in [5, 5.41) is 8.64. The topological polar surface area (TPSA) is 81.8 Å². The second-order valence-electron chi connectivity index (χ2n) is 3.88. The van der Waals surface area contributed by atoms with Crippen molar-refractivity contribution in [3.05, 3.63) is 23.8 Å². The van der Waals surface area contributed by atoms with E-state index in [0.29, 0.717) is 23.6 Å². The Labute approximate surface area is 107 Å². The number of carbonyl (C=O) groups excluding carboxylic acids is 1. The third-order valence-corrected chi connectivity index (χ3v) is 2.49. The summed E-state index contributed by atoms with van der Waals surface area (Å²) in [6.45, 7) is 0.703. The van der Waals surface area contributed by atoms with Crippen molar-refractivity contribution < 1.29 is 19.4 Å². The van der Waals surface area contributed by atoms with Gasteiger partial charge in [-0.1, -0.05) is 0 Å². The minimum Gasteiger partial charge on any atom is -0.491 e. The molecule has 0 saturated carbocycles. The molecule has 18 heavy (non-hydrogen) atoms. The van der Waals surface area contributed by atoms with Crippen LogP contribution in [0.5, 0.6) is 5.75 Å². The highest BCUT2D eigenvalue weighted by Gasteiger charge is 2.09. The molecule has 0 bridgehead atoms. The molecule has 0 saturated heterocycles. The summed E-state index contributed by atoms with van der Waals surface area (Å²) in [6, 6.07) is 4.79. The Kier molecular flexibility index (Phi) is 6.00. The minimum absolute atomic E-state index is 0.194. The van der Waals surface area contributed by atoms with Crippen LogP contribution >= 0.6 is 0 Å². The molecule has 100 valence electrons. The molecule has 0 spiro atoms. The molecule has 0 radical (unpaired) electrons. The normalized spacial score (nSPS) is 10.1. The van der Waals surface area contributed by atoms with Gasteiger partial charge >= 0.3 is 5.97 Å². The molecule has 0 amide bonds. The van der Waals surface area contributed by atoms with E-state index in [1.807, 2.05) is 0 Å². The van der Waals surface area contributed by atoms with Gasteiger partial charge in [0.1, 0.15) is 5.75 Å². The van der Waals surface area contributed by atoms with Gasteiger partial charge in [-0.15, -0.1) is 0 Å². The number of benzene rings is 1. The van der Waals surface area contributed by atoms with Gasteiger partial charge in [0.2, 0.25) is 0 Å². The van der Waals surface area contributed by atoms with E-state index >= 15 is 0 Å². The van der Waals surface area contributed by atoms with Gasteiger partial charge in [-0.05, 0) is 37.5 Å². The van der Waals surface area contributed by atoms with Crippen molar-refractivity contribution in [3.8, 4) is 5.75 Å². The Morgan fingerprint density at radius 2 is 2.11 bits per heavy atom. The molecule has 5 nitrogen and oxygen atoms in total. The molecule has 0 unspecified atom stereocenters. The Morgan fingerprint density at radius 3 is 2.78 bits per heavy atom. The fourth-order valence-corrected chi connectivity index (χ4v) is 1.48. The average Bonchev–Trinajstić information content (AvgIpc) is 2.39. The Balaban J connectivity index is 2.56. The largest absolute Gasteiger partial charge is 0.491 e. The van der Waals surface area contributed by atoms with Crippen molar-refractivity contribution in [2.45, 2.75) is 19.3 Å². The summed E-state index contributed by atoms with van der Waals surface area (Å²) < 4.78 is 10.1. The smallest absolute Gasteiger partial charge is 0.337 e. The van der Waals surface area contributed by atoms with Crippen molar-refractivity contribution in [1.82, 2.24) is 0 Å². The van der Waals surface area contributed by atoms with E-state index in [-0.39, 0.29) is 6.61 Å². The number of esters is 1. The summed E-state index contributed by atoms with van der Waals surface area (Å²) in [6.07, 6.45) is 2.50. The monoisotopic (exact) mass is 253 g/mol. The molecule has 0 aliphatic heterocycles. The molecule has 0 aliphatic carbocycles. The predicted molar refractivity (Wildman–Crippen MR) is 68.6 cm³/mol. The standard InChI is InChI=1S/C13H19NO4/c1-17-13(16)10-5-6-11(14)12(9-10)18-8-4-2-3-7-15/h5-6,9,15H,2-4,7-8,14H2,1H3. The third kappa shape index (κ3) is 4.25. The number of nitrogen functional groups attached to an aromatic ring is 1. The van der Waals surface area contributed by atoms with Crippen LogP contribution in [0.4, 0.5) is 5.69 Å². The lowest BCUT2D eigenvalue weighted by molar-refractivity contribution is 0.0600. The molecule has 0 heterocycles. The van der Waals surface area contributed by atoms with E-state index < -0.39 is 5.97 Å². The van der Waals surface area contributed by atoms with E-state index in [1.54, 1.807) is 18.2 Å². The van der Waals surface area contributed by atoms with Crippen LogP contribution in [0.15, 0.2) is 18.2 Å². The molecule has 3 N–H and O–H groups in total. The van der Waals surface area contributed by atoms with Gasteiger partial charge in [0.25, 0.3) is 0 Å². The first kappa shape index (κ1) is 14.3. The zero-order valence-electron chi connectivity index (χ0n) is 10.5. The summed E-state index contributed by atoms with van der Waals surface area (Å²) in [7, 11) is 1.33. The van der Waals surface area contributed by atoms with E-state index in [0.717, 1.165) is 19.3 Å². The Hall–Kier alpha value is -1.75. The number of unbranched alkanes of at least 4 members (excludes halogenated alkanes) is 2. The van der Waals surface area contributed by atoms with Crippen LogP contribution in [0.2, 0.25) is 0 Å². The van der Waals surface area contributed by atoms with Gasteiger partial charge in [-0.2, -0.15) is 0 Å². The second kappa shape index (κ2) is 7.55. The van der Waals surface area contributed by atoms with E-state index in [2.05, 4.69) is 4.74 Å². The highest BCUT2D eigenvalue weighted by molar-refractivity contribution is 5.90. The average molecular weight is 253 g/mol. The first-order chi connectivity index (χ1) is 8.69. The van der Waals surface area contributed by atoms with Gasteiger partial charge in [0.05, 0.1) is 25.0 Å². The molecule has 0 atom stereocenters. The van der Waals surface area contributed by atoms with Crippen LogP contribution in [0, 0.1) is 0 Å². The highest BCUT2D eigenvalue weighted by Crippen LogP contribution is 2.23. The van der Waals surface area contributed by atoms with Crippen molar-refractivity contribution in [2.75, 3.05) is 26.1 Å². The molecule has 0 aliphatic rings. The van der Waals surface area contributed by atoms with Crippen molar-refractivity contribution >= 4 is 11.7 Å². The van der Waals surface area contributed by atoms with Gasteiger partial charge in [-0.3, -0.25) is 0 Å². The zero-order chi connectivity index (χ0) is 13.4. The molecule has 0 fully saturated rings. The highest BCUT2D eigenvalue weighted by atomic mass is 16.5. The zero-order valence-corrected chi connectivity index (χ0v) is 10.5.